The standard InChI is InChI=1S/C23H35N3O6S/c1-17(2)16-20(22(27)24-26-33(3,29)30)19(13-9-12-18-10-5-4-6-11-18)23(28)25-32-21-14-7-8-15-31-21/h4-6,9-12,17,19-21,26H,7-8,13-16H2,1-3H3,(H,24,27)(H,25,28)/b12-9+/t19-,20+,21+/m0/s1. The molecule has 1 saturated heterocycles. The van der Waals surface area contributed by atoms with Crippen LogP contribution in [0.25, 0.3) is 6.08 Å². The second-order valence-electron chi connectivity index (χ2n) is 8.64. The Morgan fingerprint density at radius 3 is 2.48 bits per heavy atom. The molecule has 0 aliphatic carbocycles. The summed E-state index contributed by atoms with van der Waals surface area (Å²) in [4.78, 5) is 33.5. The molecule has 1 aliphatic heterocycles. The third-order valence-electron chi connectivity index (χ3n) is 5.17. The van der Waals surface area contributed by atoms with E-state index < -0.39 is 40.0 Å². The molecule has 2 rings (SSSR count). The smallest absolute Gasteiger partial charge is 0.247 e. The number of carbonyl (C=O) groups is 2. The lowest BCUT2D eigenvalue weighted by atomic mass is 9.82. The first kappa shape index (κ1) is 27.0. The Bertz CT molecular complexity index is 883. The van der Waals surface area contributed by atoms with Crippen molar-refractivity contribution in [2.45, 2.75) is 52.2 Å². The highest BCUT2D eigenvalue weighted by Gasteiger charge is 2.34. The molecular formula is C23H35N3O6S. The summed E-state index contributed by atoms with van der Waals surface area (Å²) in [5.74, 6) is -2.50. The van der Waals surface area contributed by atoms with Gasteiger partial charge in [0.05, 0.1) is 18.1 Å². The Hall–Kier alpha value is -2.27. The maximum Gasteiger partial charge on any atom is 0.247 e. The topological polar surface area (TPSA) is 123 Å². The number of hydroxylamine groups is 1. The molecule has 0 spiro atoms. The average Bonchev–Trinajstić information content (AvgIpc) is 2.78. The van der Waals surface area contributed by atoms with E-state index in [1.807, 2.05) is 61.2 Å². The number of amides is 2. The SMILES string of the molecule is CC(C)C[C@@H](C(=O)NNS(C)(=O)=O)[C@H](C/C=C/c1ccccc1)C(=O)NO[C@@H]1CCCCO1. The predicted octanol–water partition coefficient (Wildman–Crippen LogP) is 2.52. The molecule has 33 heavy (non-hydrogen) atoms. The summed E-state index contributed by atoms with van der Waals surface area (Å²) in [5, 5.41) is 0. The van der Waals surface area contributed by atoms with E-state index >= 15 is 0 Å². The van der Waals surface area contributed by atoms with E-state index in [0.717, 1.165) is 24.7 Å². The minimum absolute atomic E-state index is 0.0926. The monoisotopic (exact) mass is 481 g/mol. The third kappa shape index (κ3) is 10.5. The van der Waals surface area contributed by atoms with Gasteiger partial charge in [0.15, 0.2) is 6.29 Å². The molecule has 0 saturated carbocycles. The number of hydrogen-bond acceptors (Lipinski definition) is 6. The zero-order chi connectivity index (χ0) is 24.3. The largest absolute Gasteiger partial charge is 0.350 e. The lowest BCUT2D eigenvalue weighted by Gasteiger charge is -2.27. The number of hydrazine groups is 1. The fourth-order valence-electron chi connectivity index (χ4n) is 3.57. The number of hydrogen-bond donors (Lipinski definition) is 3. The second-order valence-corrected chi connectivity index (χ2v) is 10.4. The van der Waals surface area contributed by atoms with Gasteiger partial charge < -0.3 is 4.74 Å². The van der Waals surface area contributed by atoms with Crippen LogP contribution < -0.4 is 15.7 Å². The van der Waals surface area contributed by atoms with Crippen LogP contribution in [0, 0.1) is 17.8 Å². The van der Waals surface area contributed by atoms with Crippen LogP contribution in [-0.4, -0.2) is 39.4 Å². The molecule has 0 bridgehead atoms. The minimum atomic E-state index is -3.64. The summed E-state index contributed by atoms with van der Waals surface area (Å²) >= 11 is 0. The summed E-state index contributed by atoms with van der Waals surface area (Å²) in [6, 6.07) is 9.60. The van der Waals surface area contributed by atoms with Crippen LogP contribution in [-0.2, 0) is 29.2 Å². The van der Waals surface area contributed by atoms with E-state index in [2.05, 4.69) is 10.9 Å². The number of rotatable bonds is 12. The van der Waals surface area contributed by atoms with Crippen LogP contribution in [0.4, 0.5) is 0 Å². The normalized spacial score (nSPS) is 18.7. The lowest BCUT2D eigenvalue weighted by Crippen LogP contribution is -2.49. The summed E-state index contributed by atoms with van der Waals surface area (Å²) in [7, 11) is -3.64. The van der Waals surface area contributed by atoms with Gasteiger partial charge in [0, 0.05) is 13.0 Å². The first-order valence-electron chi connectivity index (χ1n) is 11.2. The van der Waals surface area contributed by atoms with Crippen LogP contribution in [0.5, 0.6) is 0 Å². The highest BCUT2D eigenvalue weighted by molar-refractivity contribution is 7.88. The summed E-state index contributed by atoms with van der Waals surface area (Å²) in [5.41, 5.74) is 5.66. The zero-order valence-corrected chi connectivity index (χ0v) is 20.3. The maximum atomic E-state index is 13.1. The fraction of sp³-hybridized carbons (Fsp3) is 0.565. The van der Waals surface area contributed by atoms with Crippen molar-refractivity contribution in [3.8, 4) is 0 Å². The third-order valence-corrected chi connectivity index (χ3v) is 5.65. The fourth-order valence-corrected chi connectivity index (χ4v) is 3.86. The van der Waals surface area contributed by atoms with Crippen LogP contribution in [0.15, 0.2) is 36.4 Å². The van der Waals surface area contributed by atoms with Crippen molar-refractivity contribution in [2.75, 3.05) is 12.9 Å². The van der Waals surface area contributed by atoms with E-state index in [0.29, 0.717) is 19.4 Å². The van der Waals surface area contributed by atoms with Crippen molar-refractivity contribution >= 4 is 27.9 Å². The van der Waals surface area contributed by atoms with Gasteiger partial charge in [-0.25, -0.2) is 18.7 Å². The van der Waals surface area contributed by atoms with Gasteiger partial charge in [-0.3, -0.25) is 15.0 Å². The molecule has 1 aliphatic rings. The molecule has 184 valence electrons. The molecular weight excluding hydrogens is 446 g/mol. The van der Waals surface area contributed by atoms with Crippen LogP contribution >= 0.6 is 0 Å². The highest BCUT2D eigenvalue weighted by atomic mass is 32.2. The van der Waals surface area contributed by atoms with Crippen molar-refractivity contribution < 1.29 is 27.6 Å². The molecule has 0 radical (unpaired) electrons. The molecule has 9 nitrogen and oxygen atoms in total. The first-order valence-corrected chi connectivity index (χ1v) is 13.1. The van der Waals surface area contributed by atoms with Gasteiger partial charge in [0.25, 0.3) is 0 Å². The number of ether oxygens (including phenoxy) is 1. The Labute approximate surface area is 196 Å². The Morgan fingerprint density at radius 1 is 1.15 bits per heavy atom. The summed E-state index contributed by atoms with van der Waals surface area (Å²) in [6.07, 6.45) is 7.35. The van der Waals surface area contributed by atoms with Crippen molar-refractivity contribution in [1.29, 1.82) is 0 Å². The number of carbonyl (C=O) groups excluding carboxylic acids is 2. The van der Waals surface area contributed by atoms with Crippen LogP contribution in [0.2, 0.25) is 0 Å². The molecule has 1 fully saturated rings. The van der Waals surface area contributed by atoms with Gasteiger partial charge in [-0.1, -0.05) is 56.3 Å². The number of allylic oxidation sites excluding steroid dienone is 1. The van der Waals surface area contributed by atoms with Crippen molar-refractivity contribution in [3.05, 3.63) is 42.0 Å². The average molecular weight is 482 g/mol. The zero-order valence-electron chi connectivity index (χ0n) is 19.5. The Morgan fingerprint density at radius 2 is 1.88 bits per heavy atom. The minimum Gasteiger partial charge on any atom is -0.350 e. The van der Waals surface area contributed by atoms with E-state index in [4.69, 9.17) is 9.57 Å². The molecule has 3 atom stereocenters. The number of benzene rings is 1. The molecule has 1 heterocycles. The Balaban J connectivity index is 2.17. The Kier molecular flexibility index (Phi) is 11.0. The molecule has 1 aromatic rings. The number of nitrogens with one attached hydrogen (secondary N) is 3. The van der Waals surface area contributed by atoms with Crippen molar-refractivity contribution in [3.63, 3.8) is 0 Å². The van der Waals surface area contributed by atoms with Crippen molar-refractivity contribution in [2.24, 2.45) is 17.8 Å². The van der Waals surface area contributed by atoms with Crippen molar-refractivity contribution in [1.82, 2.24) is 15.7 Å². The summed E-state index contributed by atoms with van der Waals surface area (Å²) < 4.78 is 28.4. The number of sulfonamides is 1. The summed E-state index contributed by atoms with van der Waals surface area (Å²) in [6.45, 7) is 4.44. The van der Waals surface area contributed by atoms with Gasteiger partial charge in [0.1, 0.15) is 0 Å². The highest BCUT2D eigenvalue weighted by Crippen LogP contribution is 2.26. The van der Waals surface area contributed by atoms with Crippen LogP contribution in [0.1, 0.15) is 51.5 Å². The van der Waals surface area contributed by atoms with Gasteiger partial charge in [-0.15, -0.1) is 4.83 Å². The van der Waals surface area contributed by atoms with Gasteiger partial charge >= 0.3 is 0 Å². The lowest BCUT2D eigenvalue weighted by molar-refractivity contribution is -0.203. The molecule has 10 heteroatoms. The van der Waals surface area contributed by atoms with E-state index in [9.17, 15) is 18.0 Å². The molecule has 3 N–H and O–H groups in total. The molecule has 0 aromatic heterocycles. The molecule has 1 aromatic carbocycles. The van der Waals surface area contributed by atoms with E-state index in [-0.39, 0.29) is 12.3 Å². The van der Waals surface area contributed by atoms with Crippen LogP contribution in [0.3, 0.4) is 0 Å². The first-order chi connectivity index (χ1) is 15.7. The van der Waals surface area contributed by atoms with Gasteiger partial charge in [0.2, 0.25) is 21.8 Å². The quantitative estimate of drug-likeness (QED) is 0.394. The van der Waals surface area contributed by atoms with E-state index in [1.165, 1.54) is 0 Å². The second kappa shape index (κ2) is 13.4. The predicted molar refractivity (Wildman–Crippen MR) is 125 cm³/mol. The van der Waals surface area contributed by atoms with E-state index in [1.54, 1.807) is 0 Å². The molecule has 2 amide bonds. The maximum absolute atomic E-state index is 13.1. The molecule has 0 unspecified atom stereocenters. The van der Waals surface area contributed by atoms with Gasteiger partial charge in [-0.2, -0.15) is 0 Å². The van der Waals surface area contributed by atoms with Gasteiger partial charge in [-0.05, 0) is 37.2 Å².